The normalized spacial score (nSPS) is 19.6. The summed E-state index contributed by atoms with van der Waals surface area (Å²) in [5.41, 5.74) is 6.31. The van der Waals surface area contributed by atoms with Crippen LogP contribution in [0.4, 0.5) is 5.82 Å². The lowest BCUT2D eigenvalue weighted by molar-refractivity contribution is 0.0991. The van der Waals surface area contributed by atoms with E-state index in [0.717, 1.165) is 35.2 Å². The standard InChI is InChI=1S/C19H24N6O2S/c1-10(2)25-6-5-14(24-25)15-8-13-17(21-12-4-3-11(7-12)9-26)22-18(16(20)27)23-19(13)28-15/h5-6,8,10-12,26H,3-4,7,9H2,1-2H3,(H2,20,27)(H,21,22,23)/t11-,12+/m0/s1. The number of nitrogens with one attached hydrogen (secondary N) is 1. The first-order valence-corrected chi connectivity index (χ1v) is 10.3. The van der Waals surface area contributed by atoms with Gasteiger partial charge in [0.2, 0.25) is 5.82 Å². The molecule has 4 rings (SSSR count). The third-order valence-corrected chi connectivity index (χ3v) is 6.19. The number of aliphatic hydroxyl groups is 1. The first-order valence-electron chi connectivity index (χ1n) is 9.49. The van der Waals surface area contributed by atoms with Gasteiger partial charge in [0.1, 0.15) is 16.3 Å². The summed E-state index contributed by atoms with van der Waals surface area (Å²) < 4.78 is 1.91. The molecule has 1 saturated carbocycles. The molecule has 0 unspecified atom stereocenters. The number of primary amides is 1. The number of carbonyl (C=O) groups excluding carboxylic acids is 1. The predicted molar refractivity (Wildman–Crippen MR) is 109 cm³/mol. The molecule has 28 heavy (non-hydrogen) atoms. The van der Waals surface area contributed by atoms with E-state index in [1.165, 1.54) is 11.3 Å². The summed E-state index contributed by atoms with van der Waals surface area (Å²) in [6.45, 7) is 4.36. The molecule has 0 saturated heterocycles. The minimum absolute atomic E-state index is 0.00724. The number of aliphatic hydroxyl groups excluding tert-OH is 1. The highest BCUT2D eigenvalue weighted by Crippen LogP contribution is 2.36. The van der Waals surface area contributed by atoms with E-state index in [0.29, 0.717) is 16.6 Å². The largest absolute Gasteiger partial charge is 0.396 e. The molecule has 8 nitrogen and oxygen atoms in total. The van der Waals surface area contributed by atoms with Crippen LogP contribution in [0.2, 0.25) is 0 Å². The van der Waals surface area contributed by atoms with Gasteiger partial charge in [0, 0.05) is 24.9 Å². The second kappa shape index (κ2) is 7.48. The number of rotatable bonds is 6. The van der Waals surface area contributed by atoms with E-state index in [2.05, 4.69) is 34.2 Å². The molecule has 148 valence electrons. The molecule has 9 heteroatoms. The van der Waals surface area contributed by atoms with Crippen molar-refractivity contribution in [3.05, 3.63) is 24.2 Å². The van der Waals surface area contributed by atoms with Gasteiger partial charge in [-0.2, -0.15) is 5.10 Å². The Bertz CT molecular complexity index is 1010. The van der Waals surface area contributed by atoms with Crippen molar-refractivity contribution in [2.24, 2.45) is 11.7 Å². The zero-order chi connectivity index (χ0) is 19.8. The van der Waals surface area contributed by atoms with Crippen LogP contribution in [0.1, 0.15) is 49.8 Å². The Kier molecular flexibility index (Phi) is 5.03. The molecular weight excluding hydrogens is 376 g/mol. The SMILES string of the molecule is CC(C)n1ccc(-c2cc3c(N[C@@H]4CC[C@H](CO)C4)nc(C(N)=O)nc3s2)n1. The number of hydrogen-bond donors (Lipinski definition) is 3. The summed E-state index contributed by atoms with van der Waals surface area (Å²) in [6.07, 6.45) is 4.77. The topological polar surface area (TPSA) is 119 Å². The highest BCUT2D eigenvalue weighted by molar-refractivity contribution is 7.21. The Hall–Kier alpha value is -2.52. The third kappa shape index (κ3) is 3.59. The van der Waals surface area contributed by atoms with Gasteiger partial charge in [0.15, 0.2) is 0 Å². The highest BCUT2D eigenvalue weighted by Gasteiger charge is 2.26. The number of aromatic nitrogens is 4. The molecule has 1 aliphatic rings. The van der Waals surface area contributed by atoms with E-state index < -0.39 is 5.91 Å². The maximum atomic E-state index is 11.7. The maximum Gasteiger partial charge on any atom is 0.286 e. The van der Waals surface area contributed by atoms with Crippen LogP contribution in [0, 0.1) is 5.92 Å². The van der Waals surface area contributed by atoms with Gasteiger partial charge in [0.05, 0.1) is 10.3 Å². The van der Waals surface area contributed by atoms with Crippen molar-refractivity contribution in [2.75, 3.05) is 11.9 Å². The Morgan fingerprint density at radius 3 is 2.89 bits per heavy atom. The average Bonchev–Trinajstić information content (AvgIpc) is 3.39. The van der Waals surface area contributed by atoms with Crippen molar-refractivity contribution in [1.82, 2.24) is 19.7 Å². The van der Waals surface area contributed by atoms with Crippen LogP contribution in [0.15, 0.2) is 18.3 Å². The number of anilines is 1. The molecule has 3 heterocycles. The molecule has 4 N–H and O–H groups in total. The average molecular weight is 401 g/mol. The molecule has 2 atom stereocenters. The van der Waals surface area contributed by atoms with Crippen LogP contribution in [-0.4, -0.2) is 43.4 Å². The van der Waals surface area contributed by atoms with Crippen molar-refractivity contribution >= 4 is 33.3 Å². The molecule has 0 radical (unpaired) electrons. The monoisotopic (exact) mass is 400 g/mol. The lowest BCUT2D eigenvalue weighted by Gasteiger charge is -2.14. The molecule has 3 aromatic heterocycles. The molecular formula is C19H24N6O2S. The quantitative estimate of drug-likeness (QED) is 0.585. The molecule has 0 bridgehead atoms. The van der Waals surface area contributed by atoms with Gasteiger partial charge in [-0.3, -0.25) is 9.48 Å². The second-order valence-corrected chi connectivity index (χ2v) is 8.60. The van der Waals surface area contributed by atoms with E-state index in [9.17, 15) is 9.90 Å². The Morgan fingerprint density at radius 1 is 1.43 bits per heavy atom. The predicted octanol–water partition coefficient (Wildman–Crippen LogP) is 2.81. The molecule has 1 aliphatic carbocycles. The van der Waals surface area contributed by atoms with E-state index in [-0.39, 0.29) is 24.5 Å². The van der Waals surface area contributed by atoms with E-state index in [4.69, 9.17) is 5.73 Å². The van der Waals surface area contributed by atoms with E-state index in [1.54, 1.807) is 0 Å². The lowest BCUT2D eigenvalue weighted by atomic mass is 10.1. The van der Waals surface area contributed by atoms with Gasteiger partial charge in [-0.15, -0.1) is 11.3 Å². The van der Waals surface area contributed by atoms with Crippen molar-refractivity contribution in [1.29, 1.82) is 0 Å². The molecule has 3 aromatic rings. The van der Waals surface area contributed by atoms with Crippen molar-refractivity contribution in [3.63, 3.8) is 0 Å². The molecule has 0 aromatic carbocycles. The summed E-state index contributed by atoms with van der Waals surface area (Å²) in [7, 11) is 0. The van der Waals surface area contributed by atoms with Gasteiger partial charge in [-0.05, 0) is 51.2 Å². The number of nitrogens with zero attached hydrogens (tertiary/aromatic N) is 4. The lowest BCUT2D eigenvalue weighted by Crippen LogP contribution is -2.20. The molecule has 1 fully saturated rings. The maximum absolute atomic E-state index is 11.7. The second-order valence-electron chi connectivity index (χ2n) is 7.57. The summed E-state index contributed by atoms with van der Waals surface area (Å²) in [6, 6.07) is 4.48. The molecule has 0 aliphatic heterocycles. The van der Waals surface area contributed by atoms with Crippen LogP contribution in [-0.2, 0) is 0 Å². The minimum atomic E-state index is -0.649. The van der Waals surface area contributed by atoms with Crippen LogP contribution < -0.4 is 11.1 Å². The van der Waals surface area contributed by atoms with E-state index in [1.807, 2.05) is 23.0 Å². The number of hydrogen-bond acceptors (Lipinski definition) is 7. The Balaban J connectivity index is 1.72. The van der Waals surface area contributed by atoms with E-state index >= 15 is 0 Å². The first kappa shape index (κ1) is 18.8. The van der Waals surface area contributed by atoms with Gasteiger partial charge >= 0.3 is 0 Å². The van der Waals surface area contributed by atoms with Crippen LogP contribution in [0.3, 0.4) is 0 Å². The minimum Gasteiger partial charge on any atom is -0.396 e. The van der Waals surface area contributed by atoms with Gasteiger partial charge in [0.25, 0.3) is 5.91 Å². The summed E-state index contributed by atoms with van der Waals surface area (Å²) in [5, 5.41) is 18.3. The Labute approximate surface area is 166 Å². The van der Waals surface area contributed by atoms with Crippen molar-refractivity contribution in [2.45, 2.75) is 45.2 Å². The van der Waals surface area contributed by atoms with Gasteiger partial charge in [-0.25, -0.2) is 9.97 Å². The van der Waals surface area contributed by atoms with Crippen molar-refractivity contribution < 1.29 is 9.90 Å². The molecule has 0 spiro atoms. The first-order chi connectivity index (χ1) is 13.4. The third-order valence-electron chi connectivity index (χ3n) is 5.14. The van der Waals surface area contributed by atoms with Crippen molar-refractivity contribution in [3.8, 4) is 10.6 Å². The zero-order valence-corrected chi connectivity index (χ0v) is 16.7. The number of thiophene rings is 1. The summed E-state index contributed by atoms with van der Waals surface area (Å²) in [4.78, 5) is 22.1. The van der Waals surface area contributed by atoms with Crippen LogP contribution in [0.5, 0.6) is 0 Å². The Morgan fingerprint density at radius 2 is 2.25 bits per heavy atom. The number of carbonyl (C=O) groups is 1. The fourth-order valence-electron chi connectivity index (χ4n) is 3.59. The zero-order valence-electron chi connectivity index (χ0n) is 15.9. The van der Waals surface area contributed by atoms with Crippen LogP contribution >= 0.6 is 11.3 Å². The fourth-order valence-corrected chi connectivity index (χ4v) is 4.59. The highest BCUT2D eigenvalue weighted by atomic mass is 32.1. The summed E-state index contributed by atoms with van der Waals surface area (Å²) >= 11 is 1.47. The van der Waals surface area contributed by atoms with Gasteiger partial charge < -0.3 is 16.2 Å². The fraction of sp³-hybridized carbons (Fsp3) is 0.474. The molecule has 1 amide bonds. The number of fused-ring (bicyclic) bond motifs is 1. The van der Waals surface area contributed by atoms with Crippen LogP contribution in [0.25, 0.3) is 20.8 Å². The smallest absolute Gasteiger partial charge is 0.286 e. The number of nitrogens with two attached hydrogens (primary N) is 1. The number of amides is 1. The summed E-state index contributed by atoms with van der Waals surface area (Å²) in [5.74, 6) is 0.285. The van der Waals surface area contributed by atoms with Gasteiger partial charge in [-0.1, -0.05) is 0 Å².